The number of nitro groups is 1. The van der Waals surface area contributed by atoms with Gasteiger partial charge in [0.15, 0.2) is 0 Å². The Morgan fingerprint density at radius 3 is 2.70 bits per heavy atom. The summed E-state index contributed by atoms with van der Waals surface area (Å²) >= 11 is 0. The molecule has 0 fully saturated rings. The van der Waals surface area contributed by atoms with Gasteiger partial charge in [-0.05, 0) is 25.0 Å². The van der Waals surface area contributed by atoms with Gasteiger partial charge < -0.3 is 4.90 Å². The lowest BCUT2D eigenvalue weighted by Crippen LogP contribution is -2.20. The van der Waals surface area contributed by atoms with Crippen molar-refractivity contribution in [2.75, 3.05) is 18.5 Å². The van der Waals surface area contributed by atoms with Gasteiger partial charge in [0.25, 0.3) is 5.69 Å². The average Bonchev–Trinajstić information content (AvgIpc) is 3.17. The van der Waals surface area contributed by atoms with E-state index in [1.54, 1.807) is 6.07 Å². The molecule has 0 amide bonds. The van der Waals surface area contributed by atoms with Crippen LogP contribution in [0.15, 0.2) is 54.6 Å². The van der Waals surface area contributed by atoms with Crippen molar-refractivity contribution in [1.82, 2.24) is 10.2 Å². The van der Waals surface area contributed by atoms with Gasteiger partial charge in [-0.15, -0.1) is 0 Å². The van der Waals surface area contributed by atoms with E-state index in [1.165, 1.54) is 12.1 Å². The number of nitro benzene ring substituents is 1. The normalized spacial score (nSPS) is 10.4. The third kappa shape index (κ3) is 4.30. The molecule has 1 N–H and O–H groups in total. The first-order chi connectivity index (χ1) is 13.1. The van der Waals surface area contributed by atoms with Gasteiger partial charge in [0.1, 0.15) is 6.07 Å². The summed E-state index contributed by atoms with van der Waals surface area (Å²) in [5, 5.41) is 27.5. The Labute approximate surface area is 157 Å². The van der Waals surface area contributed by atoms with E-state index in [0.717, 1.165) is 29.8 Å². The van der Waals surface area contributed by atoms with Gasteiger partial charge in [0.05, 0.1) is 21.9 Å². The maximum atomic E-state index is 10.9. The molecule has 2 aromatic carbocycles. The zero-order valence-electron chi connectivity index (χ0n) is 14.9. The number of nitrogens with one attached hydrogen (secondary N) is 1. The molecular formula is C20H19N5O2. The molecule has 0 saturated carbocycles. The Kier molecular flexibility index (Phi) is 5.47. The number of hydrogen-bond donors (Lipinski definition) is 1. The number of anilines is 1. The number of nitrogens with zero attached hydrogens (tertiary/aromatic N) is 4. The molecule has 7 nitrogen and oxygen atoms in total. The number of aromatic nitrogens is 2. The lowest BCUT2D eigenvalue weighted by molar-refractivity contribution is -0.384. The fourth-order valence-corrected chi connectivity index (χ4v) is 2.93. The number of aromatic amines is 1. The summed E-state index contributed by atoms with van der Waals surface area (Å²) in [6, 6.07) is 18.4. The molecule has 27 heavy (non-hydrogen) atoms. The zero-order chi connectivity index (χ0) is 19.2. The highest BCUT2D eigenvalue weighted by atomic mass is 16.6. The molecule has 0 atom stereocenters. The van der Waals surface area contributed by atoms with Crippen LogP contribution >= 0.6 is 0 Å². The summed E-state index contributed by atoms with van der Waals surface area (Å²) in [7, 11) is 1.88. The Morgan fingerprint density at radius 1 is 1.22 bits per heavy atom. The fourth-order valence-electron chi connectivity index (χ4n) is 2.93. The van der Waals surface area contributed by atoms with Crippen molar-refractivity contribution in [3.63, 3.8) is 0 Å². The number of aryl methyl sites for hydroxylation is 1. The maximum absolute atomic E-state index is 10.9. The van der Waals surface area contributed by atoms with E-state index in [2.05, 4.69) is 10.2 Å². The molecule has 0 unspecified atom stereocenters. The molecule has 0 spiro atoms. The Hall–Kier alpha value is -3.66. The second kappa shape index (κ2) is 8.15. The topological polar surface area (TPSA) is 98.8 Å². The number of benzene rings is 2. The van der Waals surface area contributed by atoms with Crippen LogP contribution in [0, 0.1) is 21.4 Å². The minimum absolute atomic E-state index is 0.0744. The standard InChI is InChI=1S/C20H19N5O2/c1-24(20-10-9-18(25(26)27)12-16(20)14-21)11-5-8-17-13-19(23-22-17)15-6-3-2-4-7-15/h2-4,6-7,9-10,12-13H,5,8,11H2,1H3,(H,22,23). The Morgan fingerprint density at radius 2 is 2.00 bits per heavy atom. The first kappa shape index (κ1) is 18.1. The van der Waals surface area contributed by atoms with Crippen LogP contribution in [0.3, 0.4) is 0 Å². The minimum Gasteiger partial charge on any atom is -0.374 e. The molecular weight excluding hydrogens is 342 g/mol. The van der Waals surface area contributed by atoms with Gasteiger partial charge in [-0.25, -0.2) is 0 Å². The van der Waals surface area contributed by atoms with E-state index in [-0.39, 0.29) is 5.69 Å². The summed E-state index contributed by atoms with van der Waals surface area (Å²) in [6.07, 6.45) is 1.67. The molecule has 0 aliphatic carbocycles. The summed E-state index contributed by atoms with van der Waals surface area (Å²) in [5.74, 6) is 0. The van der Waals surface area contributed by atoms with E-state index < -0.39 is 4.92 Å². The van der Waals surface area contributed by atoms with Crippen molar-refractivity contribution in [3.05, 3.63) is 76.0 Å². The third-order valence-corrected chi connectivity index (χ3v) is 4.36. The summed E-state index contributed by atoms with van der Waals surface area (Å²) < 4.78 is 0. The van der Waals surface area contributed by atoms with E-state index in [9.17, 15) is 15.4 Å². The molecule has 7 heteroatoms. The van der Waals surface area contributed by atoms with Crippen molar-refractivity contribution in [3.8, 4) is 17.3 Å². The van der Waals surface area contributed by atoms with Gasteiger partial charge in [-0.3, -0.25) is 15.2 Å². The Bertz CT molecular complexity index is 976. The molecule has 136 valence electrons. The van der Waals surface area contributed by atoms with Gasteiger partial charge in [-0.1, -0.05) is 30.3 Å². The largest absolute Gasteiger partial charge is 0.374 e. The van der Waals surface area contributed by atoms with Gasteiger partial charge in [-0.2, -0.15) is 10.4 Å². The van der Waals surface area contributed by atoms with Crippen LogP contribution in [0.2, 0.25) is 0 Å². The summed E-state index contributed by atoms with van der Waals surface area (Å²) in [5.41, 5.74) is 3.96. The second-order valence-electron chi connectivity index (χ2n) is 6.24. The van der Waals surface area contributed by atoms with Crippen LogP contribution in [-0.4, -0.2) is 28.7 Å². The maximum Gasteiger partial charge on any atom is 0.270 e. The molecule has 0 bridgehead atoms. The number of rotatable bonds is 7. The lowest BCUT2D eigenvalue weighted by Gasteiger charge is -2.20. The smallest absolute Gasteiger partial charge is 0.270 e. The van der Waals surface area contributed by atoms with Crippen molar-refractivity contribution in [1.29, 1.82) is 5.26 Å². The van der Waals surface area contributed by atoms with Crippen LogP contribution < -0.4 is 4.90 Å². The van der Waals surface area contributed by atoms with Crippen LogP contribution in [0.5, 0.6) is 0 Å². The third-order valence-electron chi connectivity index (χ3n) is 4.36. The van der Waals surface area contributed by atoms with Crippen molar-refractivity contribution < 1.29 is 4.92 Å². The highest BCUT2D eigenvalue weighted by molar-refractivity contribution is 5.62. The van der Waals surface area contributed by atoms with Crippen LogP contribution in [0.4, 0.5) is 11.4 Å². The van der Waals surface area contributed by atoms with Gasteiger partial charge in [0.2, 0.25) is 0 Å². The summed E-state index contributed by atoms with van der Waals surface area (Å²) in [6.45, 7) is 0.714. The van der Waals surface area contributed by atoms with E-state index in [4.69, 9.17) is 0 Å². The number of H-pyrrole nitrogens is 1. The molecule has 1 heterocycles. The van der Waals surface area contributed by atoms with Crippen LogP contribution in [0.1, 0.15) is 17.7 Å². The SMILES string of the molecule is CN(CCCc1cc(-c2ccccc2)n[nH]1)c1ccc([N+](=O)[O-])cc1C#N. The molecule has 0 aliphatic heterocycles. The van der Waals surface area contributed by atoms with Crippen LogP contribution in [-0.2, 0) is 6.42 Å². The quantitative estimate of drug-likeness (QED) is 0.508. The monoisotopic (exact) mass is 361 g/mol. The molecule has 3 rings (SSSR count). The van der Waals surface area contributed by atoms with E-state index >= 15 is 0 Å². The van der Waals surface area contributed by atoms with Gasteiger partial charge in [0, 0.05) is 37.0 Å². The highest BCUT2D eigenvalue weighted by Gasteiger charge is 2.13. The fraction of sp³-hybridized carbons (Fsp3) is 0.200. The number of nitriles is 1. The molecule has 1 aromatic heterocycles. The summed E-state index contributed by atoms with van der Waals surface area (Å²) in [4.78, 5) is 12.3. The van der Waals surface area contributed by atoms with Gasteiger partial charge >= 0.3 is 0 Å². The molecule has 0 saturated heterocycles. The minimum atomic E-state index is -0.493. The van der Waals surface area contributed by atoms with Crippen molar-refractivity contribution in [2.45, 2.75) is 12.8 Å². The molecule has 3 aromatic rings. The van der Waals surface area contributed by atoms with Crippen LogP contribution in [0.25, 0.3) is 11.3 Å². The molecule has 0 radical (unpaired) electrons. The van der Waals surface area contributed by atoms with Crippen molar-refractivity contribution in [2.24, 2.45) is 0 Å². The average molecular weight is 361 g/mol. The van der Waals surface area contributed by atoms with Crippen molar-refractivity contribution >= 4 is 11.4 Å². The number of non-ortho nitro benzene ring substituents is 1. The molecule has 0 aliphatic rings. The first-order valence-electron chi connectivity index (χ1n) is 8.58. The lowest BCUT2D eigenvalue weighted by atomic mass is 10.1. The number of hydrogen-bond acceptors (Lipinski definition) is 5. The second-order valence-corrected chi connectivity index (χ2v) is 6.24. The first-order valence-corrected chi connectivity index (χ1v) is 8.58. The predicted molar refractivity (Wildman–Crippen MR) is 103 cm³/mol. The van der Waals surface area contributed by atoms with E-state index in [1.807, 2.05) is 54.4 Å². The predicted octanol–water partition coefficient (Wildman–Crippen LogP) is 3.93. The van der Waals surface area contributed by atoms with E-state index in [0.29, 0.717) is 17.8 Å². The highest BCUT2D eigenvalue weighted by Crippen LogP contribution is 2.24. The zero-order valence-corrected chi connectivity index (χ0v) is 14.9. The Balaban J connectivity index is 1.60.